The van der Waals surface area contributed by atoms with E-state index in [0.29, 0.717) is 17.0 Å². The molecule has 0 radical (unpaired) electrons. The summed E-state index contributed by atoms with van der Waals surface area (Å²) in [7, 11) is 0. The summed E-state index contributed by atoms with van der Waals surface area (Å²) in [5.41, 5.74) is 1.22. The Balaban J connectivity index is 1.52. The Kier molecular flexibility index (Phi) is 5.01. The number of hydrogen-bond donors (Lipinski definition) is 1. The highest BCUT2D eigenvalue weighted by molar-refractivity contribution is 6.05. The van der Waals surface area contributed by atoms with Crippen LogP contribution < -0.4 is 15.0 Å². The van der Waals surface area contributed by atoms with Crippen molar-refractivity contribution in [2.45, 2.75) is 12.8 Å². The lowest BCUT2D eigenvalue weighted by Gasteiger charge is -2.17. The summed E-state index contributed by atoms with van der Waals surface area (Å²) >= 11 is 0. The molecule has 1 N–H and O–H groups in total. The quantitative estimate of drug-likeness (QED) is 0.716. The second kappa shape index (κ2) is 7.91. The maximum atomic E-state index is 12.8. The van der Waals surface area contributed by atoms with Gasteiger partial charge < -0.3 is 15.0 Å². The number of nitrogens with zero attached hydrogens (tertiary/aromatic N) is 2. The van der Waals surface area contributed by atoms with E-state index in [1.54, 1.807) is 12.3 Å². The van der Waals surface area contributed by atoms with Crippen molar-refractivity contribution in [2.24, 2.45) is 0 Å². The maximum Gasteiger partial charge on any atom is 0.255 e. The molecule has 0 aliphatic carbocycles. The topological polar surface area (TPSA) is 54.5 Å². The van der Waals surface area contributed by atoms with Gasteiger partial charge in [0.15, 0.2) is 5.75 Å². The van der Waals surface area contributed by atoms with Gasteiger partial charge in [-0.25, -0.2) is 4.98 Å². The zero-order valence-corrected chi connectivity index (χ0v) is 15.0. The number of benzene rings is 2. The third-order valence-corrected chi connectivity index (χ3v) is 4.54. The van der Waals surface area contributed by atoms with E-state index in [2.05, 4.69) is 15.2 Å². The highest BCUT2D eigenvalue weighted by Crippen LogP contribution is 2.29. The normalized spacial score (nSPS) is 13.4. The average molecular weight is 359 g/mol. The van der Waals surface area contributed by atoms with Crippen molar-refractivity contribution in [1.29, 1.82) is 0 Å². The van der Waals surface area contributed by atoms with Crippen LogP contribution in [0.4, 0.5) is 11.5 Å². The Morgan fingerprint density at radius 2 is 1.70 bits per heavy atom. The molecule has 0 atom stereocenters. The minimum absolute atomic E-state index is 0.179. The van der Waals surface area contributed by atoms with E-state index in [-0.39, 0.29) is 5.91 Å². The van der Waals surface area contributed by atoms with E-state index in [1.165, 1.54) is 12.8 Å². The van der Waals surface area contributed by atoms with Gasteiger partial charge in [-0.1, -0.05) is 30.3 Å². The Labute approximate surface area is 158 Å². The van der Waals surface area contributed by atoms with E-state index in [4.69, 9.17) is 4.74 Å². The summed E-state index contributed by atoms with van der Waals surface area (Å²) in [4.78, 5) is 19.4. The van der Waals surface area contributed by atoms with Crippen LogP contribution in [0.25, 0.3) is 0 Å². The number of rotatable bonds is 5. The van der Waals surface area contributed by atoms with Crippen molar-refractivity contribution in [3.63, 3.8) is 0 Å². The molecule has 1 fully saturated rings. The zero-order chi connectivity index (χ0) is 18.5. The zero-order valence-electron chi connectivity index (χ0n) is 15.0. The molecule has 1 aliphatic rings. The number of pyridine rings is 1. The predicted molar refractivity (Wildman–Crippen MR) is 107 cm³/mol. The number of aromatic nitrogens is 1. The van der Waals surface area contributed by atoms with Crippen molar-refractivity contribution in [1.82, 2.24) is 4.98 Å². The first-order valence-electron chi connectivity index (χ1n) is 9.14. The van der Waals surface area contributed by atoms with Gasteiger partial charge in [-0.2, -0.15) is 0 Å². The van der Waals surface area contributed by atoms with Crippen molar-refractivity contribution in [3.05, 3.63) is 78.5 Å². The molecule has 1 amide bonds. The van der Waals surface area contributed by atoms with E-state index in [9.17, 15) is 4.79 Å². The molecular weight excluding hydrogens is 338 g/mol. The smallest absolute Gasteiger partial charge is 0.255 e. The van der Waals surface area contributed by atoms with Crippen molar-refractivity contribution >= 4 is 17.4 Å². The van der Waals surface area contributed by atoms with E-state index in [0.717, 1.165) is 24.7 Å². The fourth-order valence-electron chi connectivity index (χ4n) is 3.15. The summed E-state index contributed by atoms with van der Waals surface area (Å²) in [6.45, 7) is 1.98. The molecule has 0 bridgehead atoms. The van der Waals surface area contributed by atoms with Crippen LogP contribution >= 0.6 is 0 Å². The molecule has 2 heterocycles. The molecule has 1 saturated heterocycles. The van der Waals surface area contributed by atoms with Crippen LogP contribution in [0.15, 0.2) is 72.9 Å². The minimum Gasteiger partial charge on any atom is -0.455 e. The number of amides is 1. The third-order valence-electron chi connectivity index (χ3n) is 4.54. The molecule has 0 saturated carbocycles. The van der Waals surface area contributed by atoms with Gasteiger partial charge >= 0.3 is 0 Å². The number of anilines is 2. The number of para-hydroxylation sites is 3. The van der Waals surface area contributed by atoms with Crippen molar-refractivity contribution in [2.75, 3.05) is 23.3 Å². The van der Waals surface area contributed by atoms with Gasteiger partial charge in [0.1, 0.15) is 11.6 Å². The average Bonchev–Trinajstić information content (AvgIpc) is 3.25. The largest absolute Gasteiger partial charge is 0.455 e. The number of ether oxygens (including phenoxy) is 1. The highest BCUT2D eigenvalue weighted by atomic mass is 16.5. The lowest BCUT2D eigenvalue weighted by Crippen LogP contribution is -2.20. The number of carbonyl (C=O) groups excluding carboxylic acids is 1. The maximum absolute atomic E-state index is 12.8. The van der Waals surface area contributed by atoms with Gasteiger partial charge in [-0.3, -0.25) is 4.79 Å². The second-order valence-corrected chi connectivity index (χ2v) is 6.46. The monoisotopic (exact) mass is 359 g/mol. The molecule has 5 nitrogen and oxygen atoms in total. The molecule has 0 unspecified atom stereocenters. The van der Waals surface area contributed by atoms with Gasteiger partial charge in [0.05, 0.1) is 5.69 Å². The third kappa shape index (κ3) is 4.08. The van der Waals surface area contributed by atoms with Crippen LogP contribution in [0.2, 0.25) is 0 Å². The second-order valence-electron chi connectivity index (χ2n) is 6.46. The first-order valence-corrected chi connectivity index (χ1v) is 9.14. The SMILES string of the molecule is O=C(Nc1ccccc1Oc1ccccc1)c1ccnc(N2CCCC2)c1. The Hall–Kier alpha value is -3.34. The van der Waals surface area contributed by atoms with E-state index < -0.39 is 0 Å². The van der Waals surface area contributed by atoms with Gasteiger partial charge in [0.2, 0.25) is 0 Å². The highest BCUT2D eigenvalue weighted by Gasteiger charge is 2.16. The summed E-state index contributed by atoms with van der Waals surface area (Å²) in [5, 5.41) is 2.95. The molecule has 0 spiro atoms. The molecule has 5 heteroatoms. The van der Waals surface area contributed by atoms with Gasteiger partial charge in [0, 0.05) is 24.8 Å². The van der Waals surface area contributed by atoms with Crippen LogP contribution in [0.1, 0.15) is 23.2 Å². The Morgan fingerprint density at radius 1 is 0.963 bits per heavy atom. The van der Waals surface area contributed by atoms with Crippen LogP contribution in [0.3, 0.4) is 0 Å². The molecule has 1 aromatic heterocycles. The fraction of sp³-hybridized carbons (Fsp3) is 0.182. The molecule has 4 rings (SSSR count). The first kappa shape index (κ1) is 17.1. The predicted octanol–water partition coefficient (Wildman–Crippen LogP) is 4.73. The Bertz CT molecular complexity index is 922. The standard InChI is InChI=1S/C22H21N3O2/c26-22(17-12-13-23-21(16-17)25-14-6-7-15-25)24-19-10-4-5-11-20(19)27-18-8-2-1-3-9-18/h1-5,8-13,16H,6-7,14-15H2,(H,24,26). The molecular formula is C22H21N3O2. The molecule has 3 aromatic rings. The number of carbonyl (C=O) groups is 1. The number of hydrogen-bond acceptors (Lipinski definition) is 4. The van der Waals surface area contributed by atoms with Gasteiger partial charge in [-0.05, 0) is 49.2 Å². The minimum atomic E-state index is -0.179. The van der Waals surface area contributed by atoms with Crippen LogP contribution in [0, 0.1) is 0 Å². The van der Waals surface area contributed by atoms with Gasteiger partial charge in [-0.15, -0.1) is 0 Å². The van der Waals surface area contributed by atoms with Gasteiger partial charge in [0.25, 0.3) is 5.91 Å². The lowest BCUT2D eigenvalue weighted by molar-refractivity contribution is 0.102. The van der Waals surface area contributed by atoms with Crippen molar-refractivity contribution < 1.29 is 9.53 Å². The van der Waals surface area contributed by atoms with Crippen LogP contribution in [0.5, 0.6) is 11.5 Å². The van der Waals surface area contributed by atoms with Crippen LogP contribution in [-0.4, -0.2) is 24.0 Å². The lowest BCUT2D eigenvalue weighted by atomic mass is 10.2. The van der Waals surface area contributed by atoms with E-state index in [1.807, 2.05) is 60.7 Å². The summed E-state index contributed by atoms with van der Waals surface area (Å²) in [6, 6.07) is 20.5. The fourth-order valence-corrected chi connectivity index (χ4v) is 3.15. The molecule has 27 heavy (non-hydrogen) atoms. The number of nitrogens with one attached hydrogen (secondary N) is 1. The van der Waals surface area contributed by atoms with Crippen molar-refractivity contribution in [3.8, 4) is 11.5 Å². The molecule has 2 aromatic carbocycles. The first-order chi connectivity index (χ1) is 13.3. The summed E-state index contributed by atoms with van der Waals surface area (Å²) < 4.78 is 5.92. The molecule has 136 valence electrons. The van der Waals surface area contributed by atoms with Crippen LogP contribution in [-0.2, 0) is 0 Å². The summed E-state index contributed by atoms with van der Waals surface area (Å²) in [5.74, 6) is 2.00. The Morgan fingerprint density at radius 3 is 2.52 bits per heavy atom. The molecule has 1 aliphatic heterocycles. The van der Waals surface area contributed by atoms with E-state index >= 15 is 0 Å². The summed E-state index contributed by atoms with van der Waals surface area (Å²) in [6.07, 6.45) is 4.03.